The lowest BCUT2D eigenvalue weighted by Crippen LogP contribution is -2.30. The van der Waals surface area contributed by atoms with E-state index in [0.717, 1.165) is 0 Å². The zero-order valence-corrected chi connectivity index (χ0v) is 19.0. The first-order chi connectivity index (χ1) is 15.4. The molecule has 0 atom stereocenters. The Hall–Kier alpha value is -3.30. The maximum Gasteiger partial charge on any atom is 0.259 e. The molecule has 1 amide bonds. The van der Waals surface area contributed by atoms with Crippen LogP contribution in [0.1, 0.15) is 31.1 Å². The number of sulfonamides is 1. The molecule has 170 valence electrons. The van der Waals surface area contributed by atoms with E-state index in [1.54, 1.807) is 38.1 Å². The highest BCUT2D eigenvalue weighted by Crippen LogP contribution is 2.33. The number of furan rings is 1. The summed E-state index contributed by atoms with van der Waals surface area (Å²) < 4.78 is 43.6. The number of carbonyl (C=O) groups is 1. The fourth-order valence-electron chi connectivity index (χ4n) is 3.05. The first kappa shape index (κ1) is 23.4. The van der Waals surface area contributed by atoms with E-state index >= 15 is 0 Å². The van der Waals surface area contributed by atoms with E-state index in [-0.39, 0.29) is 10.6 Å². The van der Waals surface area contributed by atoms with Gasteiger partial charge in [-0.1, -0.05) is 13.8 Å². The minimum Gasteiger partial charge on any atom is -0.494 e. The highest BCUT2D eigenvalue weighted by molar-refractivity contribution is 7.89. The zero-order valence-electron chi connectivity index (χ0n) is 18.2. The van der Waals surface area contributed by atoms with Crippen LogP contribution in [0.15, 0.2) is 70.4 Å². The molecule has 9 heteroatoms. The van der Waals surface area contributed by atoms with Crippen LogP contribution in [0.2, 0.25) is 0 Å². The summed E-state index contributed by atoms with van der Waals surface area (Å²) in [7, 11) is -3.72. The van der Waals surface area contributed by atoms with Crippen LogP contribution in [0.25, 0.3) is 0 Å². The average molecular weight is 459 g/mol. The predicted octanol–water partition coefficient (Wildman–Crippen LogP) is 4.75. The number of hydrogen-bond acceptors (Lipinski definition) is 6. The van der Waals surface area contributed by atoms with Crippen LogP contribution >= 0.6 is 0 Å². The first-order valence-electron chi connectivity index (χ1n) is 10.3. The van der Waals surface area contributed by atoms with E-state index < -0.39 is 15.9 Å². The first-order valence-corrected chi connectivity index (χ1v) is 11.7. The van der Waals surface area contributed by atoms with Gasteiger partial charge < -0.3 is 19.2 Å². The second kappa shape index (κ2) is 10.3. The van der Waals surface area contributed by atoms with Crippen LogP contribution in [-0.4, -0.2) is 38.3 Å². The second-order valence-electron chi connectivity index (χ2n) is 6.72. The van der Waals surface area contributed by atoms with Crippen LogP contribution in [0.5, 0.6) is 17.2 Å². The number of ether oxygens (including phenoxy) is 2. The Balaban J connectivity index is 1.96. The third kappa shape index (κ3) is 5.30. The molecule has 0 radical (unpaired) electrons. The minimum atomic E-state index is -3.72. The van der Waals surface area contributed by atoms with Gasteiger partial charge in [-0.15, -0.1) is 0 Å². The van der Waals surface area contributed by atoms with Gasteiger partial charge in [0.2, 0.25) is 10.0 Å². The molecular weight excluding hydrogens is 432 g/mol. The largest absolute Gasteiger partial charge is 0.494 e. The molecule has 0 aliphatic rings. The fourth-order valence-corrected chi connectivity index (χ4v) is 4.54. The Morgan fingerprint density at radius 1 is 1.00 bits per heavy atom. The number of nitrogens with zero attached hydrogens (tertiary/aromatic N) is 1. The number of rotatable bonds is 10. The number of anilines is 1. The maximum absolute atomic E-state index is 13.0. The van der Waals surface area contributed by atoms with Crippen molar-refractivity contribution in [2.24, 2.45) is 0 Å². The standard InChI is InChI=1S/C23H26N2O6S/c1-4-25(5-2)32(27,28)20-11-12-22(31-19-9-7-18(8-10-19)30-6-3)21(15-20)24-23(26)17-13-14-29-16-17/h7-16H,4-6H2,1-3H3,(H,24,26). The molecule has 2 aromatic carbocycles. The fraction of sp³-hybridized carbons (Fsp3) is 0.261. The van der Waals surface area contributed by atoms with Gasteiger partial charge in [-0.25, -0.2) is 8.42 Å². The summed E-state index contributed by atoms with van der Waals surface area (Å²) in [5, 5.41) is 2.72. The molecule has 3 rings (SSSR count). The van der Waals surface area contributed by atoms with Crippen molar-refractivity contribution in [2.45, 2.75) is 25.7 Å². The monoisotopic (exact) mass is 458 g/mol. The number of benzene rings is 2. The molecule has 1 N–H and O–H groups in total. The Labute approximate surface area is 187 Å². The molecule has 0 spiro atoms. The molecule has 0 saturated carbocycles. The highest BCUT2D eigenvalue weighted by atomic mass is 32.2. The molecule has 32 heavy (non-hydrogen) atoms. The minimum absolute atomic E-state index is 0.0581. The average Bonchev–Trinajstić information content (AvgIpc) is 3.32. The summed E-state index contributed by atoms with van der Waals surface area (Å²) in [6.07, 6.45) is 2.69. The molecule has 0 bridgehead atoms. The smallest absolute Gasteiger partial charge is 0.259 e. The number of carbonyl (C=O) groups excluding carboxylic acids is 1. The van der Waals surface area contributed by atoms with Gasteiger partial charge in [0.1, 0.15) is 17.8 Å². The van der Waals surface area contributed by atoms with E-state index in [1.165, 1.54) is 41.1 Å². The van der Waals surface area contributed by atoms with Gasteiger partial charge in [-0.05, 0) is 55.5 Å². The third-order valence-corrected chi connectivity index (χ3v) is 6.73. The van der Waals surface area contributed by atoms with Gasteiger partial charge in [0.05, 0.1) is 29.0 Å². The Bertz CT molecular complexity index is 1140. The van der Waals surface area contributed by atoms with Gasteiger partial charge in [-0.2, -0.15) is 4.31 Å². The van der Waals surface area contributed by atoms with Gasteiger partial charge >= 0.3 is 0 Å². The van der Waals surface area contributed by atoms with E-state index in [2.05, 4.69) is 5.32 Å². The highest BCUT2D eigenvalue weighted by Gasteiger charge is 2.24. The summed E-state index contributed by atoms with van der Waals surface area (Å²) in [5.74, 6) is 1.05. The Kier molecular flexibility index (Phi) is 7.55. The summed E-state index contributed by atoms with van der Waals surface area (Å²) in [5.41, 5.74) is 0.521. The van der Waals surface area contributed by atoms with Crippen LogP contribution in [-0.2, 0) is 10.0 Å². The van der Waals surface area contributed by atoms with E-state index in [4.69, 9.17) is 13.9 Å². The summed E-state index contributed by atoms with van der Waals surface area (Å²) >= 11 is 0. The number of hydrogen-bond donors (Lipinski definition) is 1. The van der Waals surface area contributed by atoms with Crippen molar-refractivity contribution in [3.63, 3.8) is 0 Å². The molecule has 1 heterocycles. The van der Waals surface area contributed by atoms with Crippen LogP contribution in [0.4, 0.5) is 5.69 Å². The molecule has 0 aliphatic heterocycles. The molecule has 3 aromatic rings. The molecule has 8 nitrogen and oxygen atoms in total. The van der Waals surface area contributed by atoms with Gasteiger partial charge in [0.25, 0.3) is 5.91 Å². The van der Waals surface area contributed by atoms with Gasteiger partial charge in [0.15, 0.2) is 5.75 Å². The normalized spacial score (nSPS) is 11.4. The summed E-state index contributed by atoms with van der Waals surface area (Å²) in [6, 6.07) is 12.9. The maximum atomic E-state index is 13.0. The van der Waals surface area contributed by atoms with Crippen molar-refractivity contribution >= 4 is 21.6 Å². The number of amides is 1. The second-order valence-corrected chi connectivity index (χ2v) is 8.66. The lowest BCUT2D eigenvalue weighted by atomic mass is 10.2. The molecule has 0 saturated heterocycles. The van der Waals surface area contributed by atoms with Crippen molar-refractivity contribution < 1.29 is 27.1 Å². The van der Waals surface area contributed by atoms with Crippen LogP contribution in [0, 0.1) is 0 Å². The third-order valence-electron chi connectivity index (χ3n) is 4.69. The lowest BCUT2D eigenvalue weighted by Gasteiger charge is -2.20. The SMILES string of the molecule is CCOc1ccc(Oc2ccc(S(=O)(=O)N(CC)CC)cc2NC(=O)c2ccoc2)cc1. The van der Waals surface area contributed by atoms with E-state index in [0.29, 0.717) is 42.5 Å². The Morgan fingerprint density at radius 2 is 1.69 bits per heavy atom. The lowest BCUT2D eigenvalue weighted by molar-refractivity contribution is 0.102. The van der Waals surface area contributed by atoms with Crippen molar-refractivity contribution in [2.75, 3.05) is 25.0 Å². The van der Waals surface area contributed by atoms with Crippen LogP contribution < -0.4 is 14.8 Å². The summed E-state index contributed by atoms with van der Waals surface area (Å²) in [4.78, 5) is 12.7. The van der Waals surface area contributed by atoms with E-state index in [9.17, 15) is 13.2 Å². The number of nitrogens with one attached hydrogen (secondary N) is 1. The van der Waals surface area contributed by atoms with Gasteiger partial charge in [-0.3, -0.25) is 4.79 Å². The van der Waals surface area contributed by atoms with Gasteiger partial charge in [0, 0.05) is 13.1 Å². The topological polar surface area (TPSA) is 98.1 Å². The molecule has 1 aromatic heterocycles. The van der Waals surface area contributed by atoms with Crippen molar-refractivity contribution in [3.8, 4) is 17.2 Å². The zero-order chi connectivity index (χ0) is 23.1. The van der Waals surface area contributed by atoms with Crippen molar-refractivity contribution in [1.29, 1.82) is 0 Å². The molecule has 0 unspecified atom stereocenters. The predicted molar refractivity (Wildman–Crippen MR) is 121 cm³/mol. The molecule has 0 aliphatic carbocycles. The molecule has 0 fully saturated rings. The van der Waals surface area contributed by atoms with E-state index in [1.807, 2.05) is 6.92 Å². The summed E-state index contributed by atoms with van der Waals surface area (Å²) in [6.45, 7) is 6.65. The van der Waals surface area contributed by atoms with Crippen LogP contribution in [0.3, 0.4) is 0 Å². The Morgan fingerprint density at radius 3 is 2.28 bits per heavy atom. The van der Waals surface area contributed by atoms with Crippen molar-refractivity contribution in [3.05, 3.63) is 66.6 Å². The quantitative estimate of drug-likeness (QED) is 0.471. The molecular formula is C23H26N2O6S. The van der Waals surface area contributed by atoms with Crippen molar-refractivity contribution in [1.82, 2.24) is 4.31 Å².